The third-order valence-corrected chi connectivity index (χ3v) is 5.24. The van der Waals surface area contributed by atoms with Crippen molar-refractivity contribution in [2.45, 2.75) is 32.6 Å². The lowest BCUT2D eigenvalue weighted by Gasteiger charge is -2.30. The number of anilines is 1. The van der Waals surface area contributed by atoms with E-state index in [1.165, 1.54) is 0 Å². The van der Waals surface area contributed by atoms with Gasteiger partial charge in [0.25, 0.3) is 5.91 Å². The Balaban J connectivity index is 1.51. The van der Waals surface area contributed by atoms with Crippen LogP contribution in [0.2, 0.25) is 0 Å². The third-order valence-electron chi connectivity index (χ3n) is 5.24. The van der Waals surface area contributed by atoms with E-state index >= 15 is 0 Å². The van der Waals surface area contributed by atoms with Crippen LogP contribution in [0.1, 0.15) is 43.0 Å². The van der Waals surface area contributed by atoms with Crippen LogP contribution in [0.3, 0.4) is 0 Å². The summed E-state index contributed by atoms with van der Waals surface area (Å²) in [4.78, 5) is 26.7. The number of piperidine rings is 1. The summed E-state index contributed by atoms with van der Waals surface area (Å²) in [5, 5.41) is 5.72. The van der Waals surface area contributed by atoms with Gasteiger partial charge in [-0.1, -0.05) is 13.0 Å². The van der Waals surface area contributed by atoms with Gasteiger partial charge in [-0.15, -0.1) is 0 Å². The molecule has 0 aliphatic carbocycles. The van der Waals surface area contributed by atoms with Gasteiger partial charge in [0.2, 0.25) is 0 Å². The van der Waals surface area contributed by atoms with E-state index in [0.717, 1.165) is 45.4 Å². The van der Waals surface area contributed by atoms with Gasteiger partial charge in [0.1, 0.15) is 0 Å². The SMILES string of the molecule is CC1CCN(C(=O)c2cccc(NC(=O)NC[C@H]3CCCOC3)c2)CC1. The maximum atomic E-state index is 12.7. The Morgan fingerprint density at radius 1 is 1.23 bits per heavy atom. The number of carbonyl (C=O) groups excluding carboxylic acids is 2. The minimum absolute atomic E-state index is 0.0420. The molecule has 1 aromatic rings. The first kappa shape index (κ1) is 18.7. The molecule has 0 unspecified atom stereocenters. The van der Waals surface area contributed by atoms with E-state index in [1.54, 1.807) is 12.1 Å². The second kappa shape index (κ2) is 9.03. The first-order chi connectivity index (χ1) is 12.6. The number of hydrogen-bond acceptors (Lipinski definition) is 3. The Morgan fingerprint density at radius 3 is 2.77 bits per heavy atom. The molecule has 0 radical (unpaired) electrons. The Kier molecular flexibility index (Phi) is 6.50. The van der Waals surface area contributed by atoms with Gasteiger partial charge in [-0.2, -0.15) is 0 Å². The average Bonchev–Trinajstić information content (AvgIpc) is 2.67. The maximum Gasteiger partial charge on any atom is 0.319 e. The fourth-order valence-electron chi connectivity index (χ4n) is 3.50. The van der Waals surface area contributed by atoms with Crippen molar-refractivity contribution in [2.75, 3.05) is 38.2 Å². The van der Waals surface area contributed by atoms with Gasteiger partial charge >= 0.3 is 6.03 Å². The van der Waals surface area contributed by atoms with Gasteiger partial charge in [-0.05, 0) is 55.7 Å². The summed E-state index contributed by atoms with van der Waals surface area (Å²) in [5.41, 5.74) is 1.26. The molecular weight excluding hydrogens is 330 g/mol. The van der Waals surface area contributed by atoms with Gasteiger partial charge in [-0.3, -0.25) is 4.79 Å². The number of nitrogens with zero attached hydrogens (tertiary/aromatic N) is 1. The lowest BCUT2D eigenvalue weighted by molar-refractivity contribution is 0.0559. The number of urea groups is 1. The van der Waals surface area contributed by atoms with Gasteiger partial charge in [-0.25, -0.2) is 4.79 Å². The van der Waals surface area contributed by atoms with Crippen molar-refractivity contribution in [2.24, 2.45) is 11.8 Å². The minimum atomic E-state index is -0.244. The first-order valence-electron chi connectivity index (χ1n) is 9.64. The van der Waals surface area contributed by atoms with E-state index < -0.39 is 0 Å². The summed E-state index contributed by atoms with van der Waals surface area (Å²) in [6, 6.07) is 6.93. The number of nitrogens with one attached hydrogen (secondary N) is 2. The molecule has 2 aliphatic heterocycles. The normalized spacial score (nSPS) is 21.3. The number of amides is 3. The molecule has 2 saturated heterocycles. The quantitative estimate of drug-likeness (QED) is 0.868. The zero-order valence-electron chi connectivity index (χ0n) is 15.5. The lowest BCUT2D eigenvalue weighted by atomic mass is 9.98. The van der Waals surface area contributed by atoms with Crippen LogP contribution in [0.15, 0.2) is 24.3 Å². The van der Waals surface area contributed by atoms with Crippen molar-refractivity contribution in [3.8, 4) is 0 Å². The highest BCUT2D eigenvalue weighted by Crippen LogP contribution is 2.19. The van der Waals surface area contributed by atoms with Crippen molar-refractivity contribution in [1.82, 2.24) is 10.2 Å². The Labute approximate surface area is 155 Å². The molecule has 1 aromatic carbocycles. The van der Waals surface area contributed by atoms with E-state index in [2.05, 4.69) is 17.6 Å². The van der Waals surface area contributed by atoms with Crippen molar-refractivity contribution in [1.29, 1.82) is 0 Å². The van der Waals surface area contributed by atoms with Crippen molar-refractivity contribution in [3.63, 3.8) is 0 Å². The van der Waals surface area contributed by atoms with Crippen LogP contribution in [0, 0.1) is 11.8 Å². The molecule has 3 rings (SSSR count). The minimum Gasteiger partial charge on any atom is -0.381 e. The fourth-order valence-corrected chi connectivity index (χ4v) is 3.50. The maximum absolute atomic E-state index is 12.7. The summed E-state index contributed by atoms with van der Waals surface area (Å²) in [7, 11) is 0. The van der Waals surface area contributed by atoms with E-state index in [-0.39, 0.29) is 11.9 Å². The highest BCUT2D eigenvalue weighted by molar-refractivity contribution is 5.97. The summed E-state index contributed by atoms with van der Waals surface area (Å²) >= 11 is 0. The van der Waals surface area contributed by atoms with Crippen molar-refractivity contribution < 1.29 is 14.3 Å². The predicted molar refractivity (Wildman–Crippen MR) is 101 cm³/mol. The molecule has 0 saturated carbocycles. The van der Waals surface area contributed by atoms with Crippen LogP contribution in [-0.2, 0) is 4.74 Å². The van der Waals surface area contributed by atoms with Crippen LogP contribution >= 0.6 is 0 Å². The van der Waals surface area contributed by atoms with Crippen LogP contribution < -0.4 is 10.6 Å². The molecule has 2 heterocycles. The van der Waals surface area contributed by atoms with Gasteiger partial charge in [0.15, 0.2) is 0 Å². The molecule has 6 heteroatoms. The number of ether oxygens (including phenoxy) is 1. The number of rotatable bonds is 4. The standard InChI is InChI=1S/C20H29N3O3/c1-15-7-9-23(10-8-15)19(24)17-5-2-6-18(12-17)22-20(25)21-13-16-4-3-11-26-14-16/h2,5-6,12,15-16H,3-4,7-11,13-14H2,1H3,(H2,21,22,25)/t16-/m1/s1. The van der Waals surface area contributed by atoms with Crippen LogP contribution in [-0.4, -0.2) is 49.7 Å². The summed E-state index contributed by atoms with van der Waals surface area (Å²) in [5.74, 6) is 1.11. The van der Waals surface area contributed by atoms with Gasteiger partial charge in [0.05, 0.1) is 6.61 Å². The molecule has 142 valence electrons. The average molecular weight is 359 g/mol. The predicted octanol–water partition coefficient (Wildman–Crippen LogP) is 3.11. The highest BCUT2D eigenvalue weighted by Gasteiger charge is 2.21. The van der Waals surface area contributed by atoms with Crippen molar-refractivity contribution >= 4 is 17.6 Å². The summed E-state index contributed by atoms with van der Waals surface area (Å²) in [6.45, 7) is 5.97. The van der Waals surface area contributed by atoms with Gasteiger partial charge < -0.3 is 20.3 Å². The fraction of sp³-hybridized carbons (Fsp3) is 0.600. The highest BCUT2D eigenvalue weighted by atomic mass is 16.5. The van der Waals surface area contributed by atoms with Crippen LogP contribution in [0.5, 0.6) is 0 Å². The molecule has 0 spiro atoms. The van der Waals surface area contributed by atoms with E-state index in [0.29, 0.717) is 36.2 Å². The lowest BCUT2D eigenvalue weighted by Crippen LogP contribution is -2.38. The second-order valence-electron chi connectivity index (χ2n) is 7.47. The summed E-state index contributed by atoms with van der Waals surface area (Å²) < 4.78 is 5.43. The third kappa shape index (κ3) is 5.21. The Bertz CT molecular complexity index is 620. The number of benzene rings is 1. The second-order valence-corrected chi connectivity index (χ2v) is 7.47. The molecule has 2 fully saturated rings. The molecule has 1 atom stereocenters. The molecule has 26 heavy (non-hydrogen) atoms. The summed E-state index contributed by atoms with van der Waals surface area (Å²) in [6.07, 6.45) is 4.24. The zero-order chi connectivity index (χ0) is 18.4. The monoisotopic (exact) mass is 359 g/mol. The molecule has 0 bridgehead atoms. The molecule has 2 aliphatic rings. The molecule has 2 N–H and O–H groups in total. The van der Waals surface area contributed by atoms with E-state index in [1.807, 2.05) is 17.0 Å². The molecule has 3 amide bonds. The van der Waals surface area contributed by atoms with Crippen LogP contribution in [0.4, 0.5) is 10.5 Å². The van der Waals surface area contributed by atoms with E-state index in [4.69, 9.17) is 4.74 Å². The number of likely N-dealkylation sites (tertiary alicyclic amines) is 1. The van der Waals surface area contributed by atoms with Crippen molar-refractivity contribution in [3.05, 3.63) is 29.8 Å². The Hall–Kier alpha value is -2.08. The van der Waals surface area contributed by atoms with Crippen LogP contribution in [0.25, 0.3) is 0 Å². The Morgan fingerprint density at radius 2 is 2.04 bits per heavy atom. The number of carbonyl (C=O) groups is 2. The molecule has 6 nitrogen and oxygen atoms in total. The first-order valence-corrected chi connectivity index (χ1v) is 9.64. The molecule has 0 aromatic heterocycles. The topological polar surface area (TPSA) is 70.7 Å². The van der Waals surface area contributed by atoms with E-state index in [9.17, 15) is 9.59 Å². The smallest absolute Gasteiger partial charge is 0.319 e. The largest absolute Gasteiger partial charge is 0.381 e. The molecular formula is C20H29N3O3. The van der Waals surface area contributed by atoms with Gasteiger partial charge in [0, 0.05) is 37.5 Å². The number of hydrogen-bond donors (Lipinski definition) is 2. The zero-order valence-corrected chi connectivity index (χ0v) is 15.5.